The van der Waals surface area contributed by atoms with E-state index in [4.69, 9.17) is 8.85 Å². The first kappa shape index (κ1) is 22.9. The van der Waals surface area contributed by atoms with Crippen LogP contribution in [0, 0.1) is 0 Å². The molecule has 0 aromatic rings. The van der Waals surface area contributed by atoms with Crippen molar-refractivity contribution >= 4 is 16.6 Å². The lowest BCUT2D eigenvalue weighted by Gasteiger charge is -2.45. The Morgan fingerprint density at radius 2 is 1.16 bits per heavy atom. The van der Waals surface area contributed by atoms with Crippen molar-refractivity contribution in [3.05, 3.63) is 11.3 Å². The van der Waals surface area contributed by atoms with Crippen LogP contribution in [-0.4, -0.2) is 33.9 Å². The SMILES string of the molecule is CC(O)=C1CC(O[Si](C)(C)C(C)(C)C)CC(O[Si](C)(C)C(C)(C)C)C1. The van der Waals surface area contributed by atoms with E-state index in [0.717, 1.165) is 24.8 Å². The van der Waals surface area contributed by atoms with E-state index in [0.29, 0.717) is 5.76 Å². The Labute approximate surface area is 158 Å². The predicted octanol–water partition coefficient (Wildman–Crippen LogP) is 6.78. The zero-order valence-corrected chi connectivity index (χ0v) is 20.5. The van der Waals surface area contributed by atoms with Gasteiger partial charge in [-0.1, -0.05) is 41.5 Å². The van der Waals surface area contributed by atoms with E-state index in [9.17, 15) is 5.11 Å². The number of aliphatic hydroxyl groups excluding tert-OH is 1. The van der Waals surface area contributed by atoms with Crippen molar-refractivity contribution in [3.63, 3.8) is 0 Å². The quantitative estimate of drug-likeness (QED) is 0.427. The topological polar surface area (TPSA) is 38.7 Å². The van der Waals surface area contributed by atoms with Gasteiger partial charge in [0.1, 0.15) is 0 Å². The van der Waals surface area contributed by atoms with Gasteiger partial charge in [0, 0.05) is 0 Å². The summed E-state index contributed by atoms with van der Waals surface area (Å²) in [5.74, 6) is 0.451. The third kappa shape index (κ3) is 5.94. The van der Waals surface area contributed by atoms with Crippen LogP contribution in [0.2, 0.25) is 36.3 Å². The van der Waals surface area contributed by atoms with Gasteiger partial charge in [0.05, 0.1) is 18.0 Å². The minimum atomic E-state index is -1.83. The molecular formula is C20H42O3Si2. The molecule has 0 heterocycles. The van der Waals surface area contributed by atoms with E-state index in [1.54, 1.807) is 6.92 Å². The highest BCUT2D eigenvalue weighted by Crippen LogP contribution is 2.43. The summed E-state index contributed by atoms with van der Waals surface area (Å²) in [5, 5.41) is 10.5. The minimum absolute atomic E-state index is 0.154. The van der Waals surface area contributed by atoms with Gasteiger partial charge in [0.15, 0.2) is 16.6 Å². The van der Waals surface area contributed by atoms with Crippen molar-refractivity contribution in [2.75, 3.05) is 0 Å². The molecule has 0 radical (unpaired) electrons. The molecule has 25 heavy (non-hydrogen) atoms. The molecule has 0 spiro atoms. The highest BCUT2D eigenvalue weighted by Gasteiger charge is 2.43. The maximum Gasteiger partial charge on any atom is 0.192 e. The Bertz CT molecular complexity index is 454. The number of allylic oxidation sites excluding steroid dienone is 1. The van der Waals surface area contributed by atoms with E-state index in [1.165, 1.54) is 0 Å². The van der Waals surface area contributed by atoms with E-state index >= 15 is 0 Å². The molecule has 2 unspecified atom stereocenters. The van der Waals surface area contributed by atoms with Gasteiger partial charge in [0.2, 0.25) is 0 Å². The molecule has 148 valence electrons. The van der Waals surface area contributed by atoms with Crippen molar-refractivity contribution in [2.24, 2.45) is 0 Å². The molecule has 0 aliphatic heterocycles. The Hall–Kier alpha value is -0.106. The second-order valence-electron chi connectivity index (χ2n) is 10.8. The van der Waals surface area contributed by atoms with Crippen molar-refractivity contribution < 1.29 is 14.0 Å². The third-order valence-electron chi connectivity index (χ3n) is 6.52. The number of hydrogen-bond acceptors (Lipinski definition) is 3. The maximum atomic E-state index is 10.1. The fraction of sp³-hybridized carbons (Fsp3) is 0.900. The lowest BCUT2D eigenvalue weighted by atomic mass is 9.90. The number of aliphatic hydroxyl groups is 1. The Morgan fingerprint density at radius 3 is 1.40 bits per heavy atom. The molecule has 1 aliphatic rings. The minimum Gasteiger partial charge on any atom is -0.513 e. The summed E-state index contributed by atoms with van der Waals surface area (Å²) in [6.45, 7) is 24.7. The lowest BCUT2D eigenvalue weighted by molar-refractivity contribution is 0.0702. The summed E-state index contributed by atoms with van der Waals surface area (Å²) in [7, 11) is -3.66. The standard InChI is InChI=1S/C20H42O3Si2/c1-15(21)16-12-17(22-24(8,9)19(2,3)4)14-18(13-16)23-25(10,11)20(5,6)7/h17-18,21H,12-14H2,1-11H3. The first-order chi connectivity index (χ1) is 11.0. The van der Waals surface area contributed by atoms with E-state index < -0.39 is 16.6 Å². The number of hydrogen-bond donors (Lipinski definition) is 1. The third-order valence-corrected chi connectivity index (χ3v) is 15.6. The van der Waals surface area contributed by atoms with Crippen LogP contribution in [0.5, 0.6) is 0 Å². The molecule has 0 saturated heterocycles. The fourth-order valence-corrected chi connectivity index (χ4v) is 5.49. The van der Waals surface area contributed by atoms with Crippen LogP contribution < -0.4 is 0 Å². The molecule has 0 aromatic heterocycles. The Morgan fingerprint density at radius 1 is 0.840 bits per heavy atom. The summed E-state index contributed by atoms with van der Waals surface area (Å²) in [4.78, 5) is 0. The second kappa shape index (κ2) is 7.49. The van der Waals surface area contributed by atoms with Gasteiger partial charge in [0.25, 0.3) is 0 Å². The lowest BCUT2D eigenvalue weighted by Crippen LogP contribution is -2.49. The van der Waals surface area contributed by atoms with E-state index in [1.807, 2.05) is 0 Å². The average Bonchev–Trinajstić information content (AvgIpc) is 2.34. The normalized spacial score (nSPS) is 23.7. The molecule has 5 heteroatoms. The molecule has 0 aromatic carbocycles. The van der Waals surface area contributed by atoms with Crippen LogP contribution in [0.25, 0.3) is 0 Å². The monoisotopic (exact) mass is 386 g/mol. The van der Waals surface area contributed by atoms with Gasteiger partial charge >= 0.3 is 0 Å². The summed E-state index contributed by atoms with van der Waals surface area (Å²) >= 11 is 0. The van der Waals surface area contributed by atoms with Gasteiger partial charge in [-0.25, -0.2) is 0 Å². The molecule has 0 amide bonds. The number of rotatable bonds is 4. The first-order valence-electron chi connectivity index (χ1n) is 9.69. The van der Waals surface area contributed by atoms with Crippen LogP contribution in [0.3, 0.4) is 0 Å². The zero-order valence-electron chi connectivity index (χ0n) is 18.5. The van der Waals surface area contributed by atoms with Crippen LogP contribution in [0.4, 0.5) is 0 Å². The predicted molar refractivity (Wildman–Crippen MR) is 113 cm³/mol. The van der Waals surface area contributed by atoms with Crippen LogP contribution in [0.1, 0.15) is 67.7 Å². The fourth-order valence-electron chi connectivity index (χ4n) is 2.75. The molecule has 1 saturated carbocycles. The van der Waals surface area contributed by atoms with Crippen molar-refractivity contribution in [1.82, 2.24) is 0 Å². The largest absolute Gasteiger partial charge is 0.513 e. The molecule has 1 rings (SSSR count). The smallest absolute Gasteiger partial charge is 0.192 e. The maximum absolute atomic E-state index is 10.1. The zero-order chi connectivity index (χ0) is 19.8. The summed E-state index contributed by atoms with van der Waals surface area (Å²) in [6, 6.07) is 0. The highest BCUT2D eigenvalue weighted by atomic mass is 28.4. The van der Waals surface area contributed by atoms with Crippen LogP contribution >= 0.6 is 0 Å². The summed E-state index contributed by atoms with van der Waals surface area (Å²) in [6.07, 6.45) is 2.93. The highest BCUT2D eigenvalue weighted by molar-refractivity contribution is 6.74. The Balaban J connectivity index is 2.98. The summed E-state index contributed by atoms with van der Waals surface area (Å²) < 4.78 is 13.4. The van der Waals surface area contributed by atoms with Crippen molar-refractivity contribution in [1.29, 1.82) is 0 Å². The average molecular weight is 387 g/mol. The van der Waals surface area contributed by atoms with E-state index in [2.05, 4.69) is 67.7 Å². The molecule has 3 nitrogen and oxygen atoms in total. The molecule has 1 aliphatic carbocycles. The van der Waals surface area contributed by atoms with Crippen LogP contribution in [-0.2, 0) is 8.85 Å². The van der Waals surface area contributed by atoms with Gasteiger partial charge in [-0.2, -0.15) is 0 Å². The van der Waals surface area contributed by atoms with Gasteiger partial charge in [-0.3, -0.25) is 0 Å². The van der Waals surface area contributed by atoms with E-state index in [-0.39, 0.29) is 22.3 Å². The van der Waals surface area contributed by atoms with Crippen LogP contribution in [0.15, 0.2) is 11.3 Å². The first-order valence-corrected chi connectivity index (χ1v) is 15.5. The molecular weight excluding hydrogens is 344 g/mol. The second-order valence-corrected chi connectivity index (χ2v) is 20.3. The molecule has 1 N–H and O–H groups in total. The molecule has 0 bridgehead atoms. The summed E-state index contributed by atoms with van der Waals surface area (Å²) in [5.41, 5.74) is 1.11. The van der Waals surface area contributed by atoms with Gasteiger partial charge in [-0.15, -0.1) is 0 Å². The molecule has 2 atom stereocenters. The van der Waals surface area contributed by atoms with Crippen molar-refractivity contribution in [2.45, 2.75) is 116 Å². The Kier molecular flexibility index (Phi) is 6.87. The van der Waals surface area contributed by atoms with Crippen molar-refractivity contribution in [3.8, 4) is 0 Å². The van der Waals surface area contributed by atoms with Gasteiger partial charge in [-0.05, 0) is 68.0 Å². The molecule has 1 fully saturated rings. The van der Waals surface area contributed by atoms with Gasteiger partial charge < -0.3 is 14.0 Å².